The lowest BCUT2D eigenvalue weighted by Gasteiger charge is -2.23. The molecule has 2 heterocycles. The van der Waals surface area contributed by atoms with Gasteiger partial charge in [-0.05, 0) is 44.4 Å². The third-order valence-electron chi connectivity index (χ3n) is 5.04. The number of hydrogen-bond acceptors (Lipinski definition) is 5. The summed E-state index contributed by atoms with van der Waals surface area (Å²) in [6.07, 6.45) is 1.40. The van der Waals surface area contributed by atoms with Crippen LogP contribution in [0.1, 0.15) is 24.0 Å². The van der Waals surface area contributed by atoms with E-state index >= 15 is 0 Å². The van der Waals surface area contributed by atoms with Crippen molar-refractivity contribution in [2.75, 3.05) is 17.2 Å². The fraction of sp³-hybridized carbons (Fsp3) is 0.273. The van der Waals surface area contributed by atoms with E-state index in [1.54, 1.807) is 4.90 Å². The highest BCUT2D eigenvalue weighted by molar-refractivity contribution is 7.18. The summed E-state index contributed by atoms with van der Waals surface area (Å²) < 4.78 is 0. The van der Waals surface area contributed by atoms with E-state index in [0.29, 0.717) is 18.1 Å². The average molecular weight is 422 g/mol. The van der Waals surface area contributed by atoms with Crippen LogP contribution in [0.5, 0.6) is 0 Å². The molecule has 0 bridgehead atoms. The zero-order valence-corrected chi connectivity index (χ0v) is 17.7. The molecule has 0 aliphatic carbocycles. The van der Waals surface area contributed by atoms with Gasteiger partial charge >= 0.3 is 6.03 Å². The van der Waals surface area contributed by atoms with Gasteiger partial charge in [-0.15, -0.1) is 10.2 Å². The van der Waals surface area contributed by atoms with E-state index in [-0.39, 0.29) is 11.9 Å². The van der Waals surface area contributed by atoms with Gasteiger partial charge in [0.15, 0.2) is 0 Å². The van der Waals surface area contributed by atoms with Gasteiger partial charge in [0.1, 0.15) is 11.0 Å². The molecule has 7 nitrogen and oxygen atoms in total. The lowest BCUT2D eigenvalue weighted by atomic mass is 10.2. The Hall–Kier alpha value is -3.26. The Kier molecular flexibility index (Phi) is 5.76. The summed E-state index contributed by atoms with van der Waals surface area (Å²) in [7, 11) is 0. The Morgan fingerprint density at radius 3 is 2.60 bits per heavy atom. The van der Waals surface area contributed by atoms with Crippen molar-refractivity contribution < 1.29 is 9.59 Å². The molecule has 1 aliphatic heterocycles. The Morgan fingerprint density at radius 1 is 1.03 bits per heavy atom. The lowest BCUT2D eigenvalue weighted by Crippen LogP contribution is -2.45. The number of nitrogens with zero attached hydrogens (tertiary/aromatic N) is 3. The molecule has 3 amide bonds. The number of aromatic nitrogens is 2. The molecule has 2 aromatic carbocycles. The van der Waals surface area contributed by atoms with Crippen molar-refractivity contribution in [2.45, 2.75) is 32.7 Å². The van der Waals surface area contributed by atoms with Crippen LogP contribution in [0.15, 0.2) is 48.5 Å². The topological polar surface area (TPSA) is 87.2 Å². The van der Waals surface area contributed by atoms with Crippen LogP contribution >= 0.6 is 11.3 Å². The predicted octanol–water partition coefficient (Wildman–Crippen LogP) is 4.46. The summed E-state index contributed by atoms with van der Waals surface area (Å²) in [4.78, 5) is 27.1. The van der Waals surface area contributed by atoms with Crippen molar-refractivity contribution in [3.63, 3.8) is 0 Å². The monoisotopic (exact) mass is 421 g/mol. The number of carbonyl (C=O) groups excluding carboxylic acids is 2. The number of benzene rings is 2. The highest BCUT2D eigenvalue weighted by Crippen LogP contribution is 2.27. The number of amides is 3. The van der Waals surface area contributed by atoms with Crippen LogP contribution < -0.4 is 10.6 Å². The minimum atomic E-state index is -0.526. The van der Waals surface area contributed by atoms with Crippen LogP contribution in [0.3, 0.4) is 0 Å². The van der Waals surface area contributed by atoms with E-state index in [4.69, 9.17) is 0 Å². The summed E-state index contributed by atoms with van der Waals surface area (Å²) >= 11 is 1.32. The molecule has 4 rings (SSSR count). The second-order valence-electron chi connectivity index (χ2n) is 7.42. The van der Waals surface area contributed by atoms with Crippen molar-refractivity contribution >= 4 is 34.1 Å². The molecule has 154 valence electrons. The quantitative estimate of drug-likeness (QED) is 0.651. The molecule has 1 fully saturated rings. The van der Waals surface area contributed by atoms with Crippen molar-refractivity contribution in [1.82, 2.24) is 15.1 Å². The largest absolute Gasteiger partial charge is 0.322 e. The maximum absolute atomic E-state index is 12.8. The smallest absolute Gasteiger partial charge is 0.312 e. The number of aryl methyl sites for hydroxylation is 2. The lowest BCUT2D eigenvalue weighted by molar-refractivity contribution is -0.119. The number of rotatable bonds is 4. The molecule has 2 N–H and O–H groups in total. The number of hydrogen-bond donors (Lipinski definition) is 2. The number of urea groups is 1. The fourth-order valence-electron chi connectivity index (χ4n) is 3.48. The Labute approximate surface area is 179 Å². The molecule has 1 atom stereocenters. The summed E-state index contributed by atoms with van der Waals surface area (Å²) in [6.45, 7) is 4.53. The highest BCUT2D eigenvalue weighted by Gasteiger charge is 2.34. The molecule has 0 radical (unpaired) electrons. The maximum Gasteiger partial charge on any atom is 0.322 e. The SMILES string of the molecule is Cc1ccc(-c2nnc(NC(=O)[C@H]3CCCN3C(=O)Nc3cccc(C)c3)s2)cc1. The first-order valence-electron chi connectivity index (χ1n) is 9.85. The molecular weight excluding hydrogens is 398 g/mol. The summed E-state index contributed by atoms with van der Waals surface area (Å²) in [5, 5.41) is 15.2. The van der Waals surface area contributed by atoms with E-state index in [1.807, 2.05) is 62.4 Å². The molecule has 0 spiro atoms. The normalized spacial score (nSPS) is 15.8. The number of anilines is 2. The fourth-order valence-corrected chi connectivity index (χ4v) is 4.23. The van der Waals surface area contributed by atoms with Crippen molar-refractivity contribution in [3.8, 4) is 10.6 Å². The van der Waals surface area contributed by atoms with E-state index < -0.39 is 6.04 Å². The van der Waals surface area contributed by atoms with E-state index in [1.165, 1.54) is 16.9 Å². The van der Waals surface area contributed by atoms with Gasteiger partial charge in [-0.1, -0.05) is 53.3 Å². The first-order valence-corrected chi connectivity index (χ1v) is 10.7. The third-order valence-corrected chi connectivity index (χ3v) is 5.93. The van der Waals surface area contributed by atoms with E-state index in [2.05, 4.69) is 20.8 Å². The first-order chi connectivity index (χ1) is 14.5. The number of nitrogens with one attached hydrogen (secondary N) is 2. The second kappa shape index (κ2) is 8.62. The zero-order chi connectivity index (χ0) is 21.1. The maximum atomic E-state index is 12.8. The van der Waals surface area contributed by atoms with Crippen LogP contribution in [-0.4, -0.2) is 39.6 Å². The van der Waals surface area contributed by atoms with Crippen molar-refractivity contribution in [2.24, 2.45) is 0 Å². The van der Waals surface area contributed by atoms with Gasteiger partial charge < -0.3 is 10.2 Å². The van der Waals surface area contributed by atoms with Crippen molar-refractivity contribution in [1.29, 1.82) is 0 Å². The number of carbonyl (C=O) groups is 2. The summed E-state index contributed by atoms with van der Waals surface area (Å²) in [5.41, 5.74) is 3.91. The molecule has 1 saturated heterocycles. The summed E-state index contributed by atoms with van der Waals surface area (Å²) in [6, 6.07) is 14.8. The van der Waals surface area contributed by atoms with Gasteiger partial charge in [0.2, 0.25) is 11.0 Å². The summed E-state index contributed by atoms with van der Waals surface area (Å²) in [5.74, 6) is -0.238. The first kappa shape index (κ1) is 20.0. The van der Waals surface area contributed by atoms with Crippen LogP contribution in [0.4, 0.5) is 15.6 Å². The predicted molar refractivity (Wildman–Crippen MR) is 119 cm³/mol. The zero-order valence-electron chi connectivity index (χ0n) is 16.9. The molecule has 1 aromatic heterocycles. The van der Waals surface area contributed by atoms with Gasteiger partial charge in [-0.25, -0.2) is 4.79 Å². The van der Waals surface area contributed by atoms with Gasteiger partial charge in [0.05, 0.1) is 0 Å². The Bertz CT molecular complexity index is 1060. The Balaban J connectivity index is 1.41. The van der Waals surface area contributed by atoms with E-state index in [9.17, 15) is 9.59 Å². The number of likely N-dealkylation sites (tertiary alicyclic amines) is 1. The van der Waals surface area contributed by atoms with Crippen LogP contribution in [0, 0.1) is 13.8 Å². The van der Waals surface area contributed by atoms with Gasteiger partial charge in [0.25, 0.3) is 0 Å². The van der Waals surface area contributed by atoms with Crippen LogP contribution in [-0.2, 0) is 4.79 Å². The van der Waals surface area contributed by atoms with Crippen LogP contribution in [0.25, 0.3) is 10.6 Å². The molecule has 0 saturated carbocycles. The van der Waals surface area contributed by atoms with Gasteiger partial charge in [-0.3, -0.25) is 10.1 Å². The minimum absolute atomic E-state index is 0.238. The average Bonchev–Trinajstić information content (AvgIpc) is 3.38. The van der Waals surface area contributed by atoms with Gasteiger partial charge in [-0.2, -0.15) is 0 Å². The standard InChI is InChI=1S/C22H23N5O2S/c1-14-8-10-16(11-9-14)20-25-26-21(30-20)24-19(28)18-7-4-12-27(18)22(29)23-17-6-3-5-15(2)13-17/h3,5-6,8-11,13,18H,4,7,12H2,1-2H3,(H,23,29)(H,24,26,28)/t18-/m1/s1. The molecule has 3 aromatic rings. The second-order valence-corrected chi connectivity index (χ2v) is 8.40. The minimum Gasteiger partial charge on any atom is -0.312 e. The van der Waals surface area contributed by atoms with E-state index in [0.717, 1.165) is 28.2 Å². The highest BCUT2D eigenvalue weighted by atomic mass is 32.1. The Morgan fingerprint density at radius 2 is 1.83 bits per heavy atom. The van der Waals surface area contributed by atoms with Crippen LogP contribution in [0.2, 0.25) is 0 Å². The van der Waals surface area contributed by atoms with Crippen molar-refractivity contribution in [3.05, 3.63) is 59.7 Å². The molecule has 1 aliphatic rings. The molecular formula is C22H23N5O2S. The van der Waals surface area contributed by atoms with Gasteiger partial charge in [0, 0.05) is 17.8 Å². The molecule has 30 heavy (non-hydrogen) atoms. The molecule has 0 unspecified atom stereocenters. The third kappa shape index (κ3) is 4.49. The molecule has 8 heteroatoms.